The van der Waals surface area contributed by atoms with Crippen LogP contribution in [-0.4, -0.2) is 49.2 Å². The predicted octanol–water partition coefficient (Wildman–Crippen LogP) is 0.956. The zero-order valence-corrected chi connectivity index (χ0v) is 11.2. The molecule has 3 rings (SSSR count). The Morgan fingerprint density at radius 2 is 2.00 bits per heavy atom. The van der Waals surface area contributed by atoms with Crippen LogP contribution in [0.1, 0.15) is 23.5 Å². The van der Waals surface area contributed by atoms with E-state index in [1.54, 1.807) is 0 Å². The summed E-state index contributed by atoms with van der Waals surface area (Å²) in [6, 6.07) is 9.29. The van der Waals surface area contributed by atoms with Crippen molar-refractivity contribution in [3.05, 3.63) is 42.5 Å². The number of carboxylic acid groups (broad SMARTS) is 1. The van der Waals surface area contributed by atoms with Gasteiger partial charge in [-0.25, -0.2) is 9.67 Å². The fourth-order valence-corrected chi connectivity index (χ4v) is 2.09. The fraction of sp³-hybridized carbons (Fsp3) is 0.286. The SMILES string of the molecule is O=C(O)CN(C(=O)c1ncn(-c2ccccc2)n1)C1CC1. The van der Waals surface area contributed by atoms with Gasteiger partial charge >= 0.3 is 5.97 Å². The summed E-state index contributed by atoms with van der Waals surface area (Å²) >= 11 is 0. The first kappa shape index (κ1) is 13.3. The summed E-state index contributed by atoms with van der Waals surface area (Å²) in [4.78, 5) is 28.5. The van der Waals surface area contributed by atoms with E-state index in [1.165, 1.54) is 15.9 Å². The van der Waals surface area contributed by atoms with Crippen molar-refractivity contribution in [1.29, 1.82) is 0 Å². The molecule has 2 aromatic rings. The molecule has 0 saturated heterocycles. The molecule has 1 aromatic heterocycles. The van der Waals surface area contributed by atoms with E-state index in [-0.39, 0.29) is 18.4 Å². The van der Waals surface area contributed by atoms with Crippen LogP contribution in [0, 0.1) is 0 Å². The standard InChI is InChI=1S/C14H14N4O3/c19-12(20)8-17(10-6-7-10)14(21)13-15-9-18(16-13)11-4-2-1-3-5-11/h1-5,9-10H,6-8H2,(H,19,20). The molecule has 1 heterocycles. The van der Waals surface area contributed by atoms with Gasteiger partial charge in [-0.1, -0.05) is 18.2 Å². The third-order valence-electron chi connectivity index (χ3n) is 3.26. The number of nitrogens with zero attached hydrogens (tertiary/aromatic N) is 4. The Bertz CT molecular complexity index is 664. The Morgan fingerprint density at radius 3 is 2.62 bits per heavy atom. The van der Waals surface area contributed by atoms with E-state index in [1.807, 2.05) is 30.3 Å². The Labute approximate surface area is 120 Å². The monoisotopic (exact) mass is 286 g/mol. The van der Waals surface area contributed by atoms with Crippen molar-refractivity contribution >= 4 is 11.9 Å². The summed E-state index contributed by atoms with van der Waals surface area (Å²) in [5, 5.41) is 13.0. The summed E-state index contributed by atoms with van der Waals surface area (Å²) < 4.78 is 1.50. The first-order valence-corrected chi connectivity index (χ1v) is 6.65. The Hall–Kier alpha value is -2.70. The summed E-state index contributed by atoms with van der Waals surface area (Å²) in [5.74, 6) is -1.45. The third-order valence-corrected chi connectivity index (χ3v) is 3.26. The number of para-hydroxylation sites is 1. The second-order valence-corrected chi connectivity index (χ2v) is 4.91. The van der Waals surface area contributed by atoms with E-state index < -0.39 is 11.9 Å². The minimum Gasteiger partial charge on any atom is -0.480 e. The van der Waals surface area contributed by atoms with Gasteiger partial charge in [0.25, 0.3) is 5.91 Å². The molecule has 7 nitrogen and oxygen atoms in total. The van der Waals surface area contributed by atoms with Crippen molar-refractivity contribution in [1.82, 2.24) is 19.7 Å². The fourth-order valence-electron chi connectivity index (χ4n) is 2.09. The maximum absolute atomic E-state index is 12.3. The number of aromatic nitrogens is 3. The highest BCUT2D eigenvalue weighted by Gasteiger charge is 2.35. The van der Waals surface area contributed by atoms with Crippen LogP contribution < -0.4 is 0 Å². The molecule has 0 atom stereocenters. The summed E-state index contributed by atoms with van der Waals surface area (Å²) in [7, 11) is 0. The molecule has 1 saturated carbocycles. The average molecular weight is 286 g/mol. The van der Waals surface area contributed by atoms with Gasteiger partial charge in [0.05, 0.1) is 5.69 Å². The molecule has 7 heteroatoms. The van der Waals surface area contributed by atoms with Crippen LogP contribution in [0.2, 0.25) is 0 Å². The molecule has 1 aliphatic carbocycles. The lowest BCUT2D eigenvalue weighted by atomic mass is 10.3. The lowest BCUT2D eigenvalue weighted by molar-refractivity contribution is -0.137. The highest BCUT2D eigenvalue weighted by molar-refractivity contribution is 5.92. The number of hydrogen-bond acceptors (Lipinski definition) is 4. The highest BCUT2D eigenvalue weighted by atomic mass is 16.4. The molecule has 1 aliphatic rings. The van der Waals surface area contributed by atoms with Crippen molar-refractivity contribution in [3.63, 3.8) is 0 Å². The van der Waals surface area contributed by atoms with Crippen molar-refractivity contribution in [2.24, 2.45) is 0 Å². The molecule has 0 aliphatic heterocycles. The van der Waals surface area contributed by atoms with Gasteiger partial charge in [0.1, 0.15) is 12.9 Å². The van der Waals surface area contributed by atoms with Gasteiger partial charge in [-0.05, 0) is 25.0 Å². The van der Waals surface area contributed by atoms with Crippen LogP contribution >= 0.6 is 0 Å². The molecule has 0 radical (unpaired) electrons. The first-order valence-electron chi connectivity index (χ1n) is 6.65. The molecule has 1 amide bonds. The van der Waals surface area contributed by atoms with Crippen molar-refractivity contribution in [2.45, 2.75) is 18.9 Å². The smallest absolute Gasteiger partial charge is 0.323 e. The van der Waals surface area contributed by atoms with Gasteiger partial charge in [-0.3, -0.25) is 9.59 Å². The Morgan fingerprint density at radius 1 is 1.29 bits per heavy atom. The van der Waals surface area contributed by atoms with E-state index in [2.05, 4.69) is 10.1 Å². The molecule has 1 aromatic carbocycles. The Kier molecular flexibility index (Phi) is 3.39. The molecule has 0 bridgehead atoms. The van der Waals surface area contributed by atoms with E-state index in [0.717, 1.165) is 18.5 Å². The maximum atomic E-state index is 12.3. The van der Waals surface area contributed by atoms with Crippen LogP contribution in [0.4, 0.5) is 0 Å². The minimum atomic E-state index is -1.03. The number of hydrogen-bond donors (Lipinski definition) is 1. The lowest BCUT2D eigenvalue weighted by Crippen LogP contribution is -2.38. The molecular weight excluding hydrogens is 272 g/mol. The summed E-state index contributed by atoms with van der Waals surface area (Å²) in [6.07, 6.45) is 3.12. The number of carbonyl (C=O) groups is 2. The van der Waals surface area contributed by atoms with E-state index in [0.29, 0.717) is 0 Å². The van der Waals surface area contributed by atoms with Gasteiger partial charge in [-0.2, -0.15) is 0 Å². The number of amides is 1. The van der Waals surface area contributed by atoms with Gasteiger partial charge in [-0.15, -0.1) is 5.10 Å². The number of carbonyl (C=O) groups excluding carboxylic acids is 1. The van der Waals surface area contributed by atoms with E-state index in [9.17, 15) is 9.59 Å². The quantitative estimate of drug-likeness (QED) is 0.884. The van der Waals surface area contributed by atoms with E-state index >= 15 is 0 Å². The second kappa shape index (κ2) is 5.35. The van der Waals surface area contributed by atoms with Crippen LogP contribution in [0.3, 0.4) is 0 Å². The molecule has 108 valence electrons. The van der Waals surface area contributed by atoms with Crippen molar-refractivity contribution in [3.8, 4) is 5.69 Å². The van der Waals surface area contributed by atoms with Gasteiger partial charge in [0.2, 0.25) is 5.82 Å². The first-order chi connectivity index (χ1) is 10.1. The number of carboxylic acids is 1. The normalized spacial score (nSPS) is 13.9. The topological polar surface area (TPSA) is 88.3 Å². The number of benzene rings is 1. The van der Waals surface area contributed by atoms with Crippen LogP contribution in [-0.2, 0) is 4.79 Å². The molecule has 1 fully saturated rings. The maximum Gasteiger partial charge on any atom is 0.323 e. The number of aliphatic carboxylic acids is 1. The van der Waals surface area contributed by atoms with Crippen molar-refractivity contribution < 1.29 is 14.7 Å². The molecule has 21 heavy (non-hydrogen) atoms. The molecule has 0 unspecified atom stereocenters. The summed E-state index contributed by atoms with van der Waals surface area (Å²) in [6.45, 7) is -0.316. The Balaban J connectivity index is 1.81. The lowest BCUT2D eigenvalue weighted by Gasteiger charge is -2.17. The zero-order chi connectivity index (χ0) is 14.8. The van der Waals surface area contributed by atoms with Crippen LogP contribution in [0.25, 0.3) is 5.69 Å². The van der Waals surface area contributed by atoms with Gasteiger partial charge < -0.3 is 10.0 Å². The average Bonchev–Trinajstić information content (AvgIpc) is 3.21. The van der Waals surface area contributed by atoms with Gasteiger partial charge in [0, 0.05) is 6.04 Å². The predicted molar refractivity (Wildman–Crippen MR) is 73.1 cm³/mol. The summed E-state index contributed by atoms with van der Waals surface area (Å²) in [5.41, 5.74) is 0.792. The van der Waals surface area contributed by atoms with Crippen molar-refractivity contribution in [2.75, 3.05) is 6.54 Å². The van der Waals surface area contributed by atoms with Gasteiger partial charge in [0.15, 0.2) is 0 Å². The molecular formula is C14H14N4O3. The van der Waals surface area contributed by atoms with Crippen LogP contribution in [0.15, 0.2) is 36.7 Å². The highest BCUT2D eigenvalue weighted by Crippen LogP contribution is 2.27. The molecule has 1 N–H and O–H groups in total. The third kappa shape index (κ3) is 2.91. The second-order valence-electron chi connectivity index (χ2n) is 4.91. The largest absolute Gasteiger partial charge is 0.480 e. The molecule has 0 spiro atoms. The van der Waals surface area contributed by atoms with E-state index in [4.69, 9.17) is 5.11 Å². The van der Waals surface area contributed by atoms with Crippen LogP contribution in [0.5, 0.6) is 0 Å². The minimum absolute atomic E-state index is 0.00252. The number of rotatable bonds is 5. The zero-order valence-electron chi connectivity index (χ0n) is 11.2.